The predicted molar refractivity (Wildman–Crippen MR) is 129 cm³/mol. The molecule has 2 aliphatic rings. The average molecular weight is 476 g/mol. The summed E-state index contributed by atoms with van der Waals surface area (Å²) in [6.07, 6.45) is 1.10. The fourth-order valence-electron chi connectivity index (χ4n) is 4.25. The lowest BCUT2D eigenvalue weighted by Gasteiger charge is -2.37. The number of hydrogen-bond donors (Lipinski definition) is 1. The minimum atomic E-state index is -0.291. The molecular formula is C24H30ClN3O5. The Bertz CT molecular complexity index is 1020. The quantitative estimate of drug-likeness (QED) is 0.666. The first kappa shape index (κ1) is 26.3. The molecule has 0 aromatic heterocycles. The van der Waals surface area contributed by atoms with Crippen LogP contribution in [0.2, 0.25) is 0 Å². The maximum atomic E-state index is 13.0. The molecule has 1 atom stereocenters. The number of para-hydroxylation sites is 1. The summed E-state index contributed by atoms with van der Waals surface area (Å²) < 4.78 is 5.33. The van der Waals surface area contributed by atoms with E-state index < -0.39 is 0 Å². The van der Waals surface area contributed by atoms with Crippen LogP contribution >= 0.6 is 12.4 Å². The molecule has 2 aromatic carbocycles. The molecule has 2 aliphatic heterocycles. The number of carbonyl (C=O) groups excluding carboxylic acids is 3. The van der Waals surface area contributed by atoms with E-state index in [0.717, 1.165) is 11.3 Å². The molecular weight excluding hydrogens is 446 g/mol. The number of amides is 2. The minimum absolute atomic E-state index is 0. The van der Waals surface area contributed by atoms with Gasteiger partial charge in [-0.1, -0.05) is 12.1 Å². The molecule has 8 nitrogen and oxygen atoms in total. The highest BCUT2D eigenvalue weighted by Crippen LogP contribution is 2.25. The molecule has 2 heterocycles. The van der Waals surface area contributed by atoms with Crippen LogP contribution in [0.4, 0.5) is 5.69 Å². The Hall–Kier alpha value is -2.94. The number of anilines is 1. The van der Waals surface area contributed by atoms with Gasteiger partial charge in [0, 0.05) is 43.9 Å². The average Bonchev–Trinajstić information content (AvgIpc) is 2.82. The molecule has 0 saturated carbocycles. The highest BCUT2D eigenvalue weighted by atomic mass is 35.5. The fraction of sp³-hybridized carbons (Fsp3) is 0.375. The van der Waals surface area contributed by atoms with E-state index in [4.69, 9.17) is 4.74 Å². The molecule has 33 heavy (non-hydrogen) atoms. The molecule has 1 fully saturated rings. The molecule has 0 bridgehead atoms. The second kappa shape index (κ2) is 11.3. The highest BCUT2D eigenvalue weighted by Gasteiger charge is 2.30. The number of Topliss-reactive ketones (excluding diaryl/α,β-unsaturated/α-hetero) is 1. The van der Waals surface area contributed by atoms with E-state index in [2.05, 4.69) is 10.2 Å². The number of aryl methyl sites for hydroxylation is 1. The summed E-state index contributed by atoms with van der Waals surface area (Å²) in [7, 11) is 1.57. The summed E-state index contributed by atoms with van der Waals surface area (Å²) in [5.74, 6) is 0.605. The number of rotatable bonds is 5. The highest BCUT2D eigenvalue weighted by molar-refractivity contribution is 6.02. The zero-order valence-electron chi connectivity index (χ0n) is 18.8. The Morgan fingerprint density at radius 1 is 1.03 bits per heavy atom. The lowest BCUT2D eigenvalue weighted by molar-refractivity contribution is -0.116. The third-order valence-corrected chi connectivity index (χ3v) is 6.15. The zero-order chi connectivity index (χ0) is 22.0. The summed E-state index contributed by atoms with van der Waals surface area (Å²) >= 11 is 0. The first-order chi connectivity index (χ1) is 15.0. The van der Waals surface area contributed by atoms with Gasteiger partial charge in [-0.15, -0.1) is 12.4 Å². The van der Waals surface area contributed by atoms with Crippen molar-refractivity contribution in [2.24, 2.45) is 0 Å². The zero-order valence-corrected chi connectivity index (χ0v) is 19.6. The van der Waals surface area contributed by atoms with Crippen LogP contribution in [0.25, 0.3) is 0 Å². The number of benzene rings is 2. The van der Waals surface area contributed by atoms with Crippen LogP contribution in [0, 0.1) is 0 Å². The standard InChI is InChI=1S/C24H27N3O4.ClH.H2O/c1-16(23(29)19-5-3-4-6-21(19)31-2)26-11-13-27(14-12-26)24(30)18-7-9-20-17(15-18)8-10-22(28)25-20;;/h3-7,9,15-16H,8,10-14H2,1-2H3,(H,25,28);1H;1H2. The Morgan fingerprint density at radius 3 is 2.42 bits per heavy atom. The monoisotopic (exact) mass is 475 g/mol. The lowest BCUT2D eigenvalue weighted by atomic mass is 9.99. The smallest absolute Gasteiger partial charge is 0.253 e. The largest absolute Gasteiger partial charge is 0.496 e. The molecule has 9 heteroatoms. The van der Waals surface area contributed by atoms with E-state index in [-0.39, 0.29) is 41.5 Å². The molecule has 1 unspecified atom stereocenters. The number of hydrogen-bond acceptors (Lipinski definition) is 5. The van der Waals surface area contributed by atoms with Gasteiger partial charge in [0.1, 0.15) is 5.75 Å². The summed E-state index contributed by atoms with van der Waals surface area (Å²) in [6, 6.07) is 12.4. The number of ketones is 1. The van der Waals surface area contributed by atoms with Gasteiger partial charge in [0.2, 0.25) is 5.91 Å². The maximum Gasteiger partial charge on any atom is 0.253 e. The molecule has 2 amide bonds. The van der Waals surface area contributed by atoms with Crippen LogP contribution < -0.4 is 10.1 Å². The van der Waals surface area contributed by atoms with Crippen molar-refractivity contribution in [3.63, 3.8) is 0 Å². The Labute approximate surface area is 199 Å². The molecule has 0 radical (unpaired) electrons. The van der Waals surface area contributed by atoms with E-state index in [9.17, 15) is 14.4 Å². The van der Waals surface area contributed by atoms with Gasteiger partial charge < -0.3 is 20.4 Å². The first-order valence-corrected chi connectivity index (χ1v) is 10.6. The summed E-state index contributed by atoms with van der Waals surface area (Å²) in [5, 5.41) is 2.84. The molecule has 2 aromatic rings. The van der Waals surface area contributed by atoms with Crippen LogP contribution in [0.15, 0.2) is 42.5 Å². The van der Waals surface area contributed by atoms with Gasteiger partial charge in [-0.2, -0.15) is 0 Å². The Balaban J connectivity index is 0.00000193. The van der Waals surface area contributed by atoms with Crippen molar-refractivity contribution < 1.29 is 24.6 Å². The van der Waals surface area contributed by atoms with Crippen LogP contribution in [-0.2, 0) is 11.2 Å². The number of nitrogens with zero attached hydrogens (tertiary/aromatic N) is 2. The van der Waals surface area contributed by atoms with Crippen LogP contribution in [0.5, 0.6) is 5.75 Å². The van der Waals surface area contributed by atoms with Crippen molar-refractivity contribution in [2.45, 2.75) is 25.8 Å². The van der Waals surface area contributed by atoms with Gasteiger partial charge in [-0.3, -0.25) is 19.3 Å². The minimum Gasteiger partial charge on any atom is -0.496 e. The number of ether oxygens (including phenoxy) is 1. The second-order valence-electron chi connectivity index (χ2n) is 7.99. The number of nitrogens with one attached hydrogen (secondary N) is 1. The molecule has 0 aliphatic carbocycles. The number of carbonyl (C=O) groups is 3. The van der Waals surface area contributed by atoms with E-state index in [1.807, 2.05) is 36.1 Å². The van der Waals surface area contributed by atoms with Crippen molar-refractivity contribution in [2.75, 3.05) is 38.6 Å². The number of piperazine rings is 1. The number of halogens is 1. The first-order valence-electron chi connectivity index (χ1n) is 10.6. The van der Waals surface area contributed by atoms with E-state index >= 15 is 0 Å². The van der Waals surface area contributed by atoms with Crippen molar-refractivity contribution in [3.05, 3.63) is 59.2 Å². The van der Waals surface area contributed by atoms with Crippen molar-refractivity contribution in [1.29, 1.82) is 0 Å². The molecule has 178 valence electrons. The summed E-state index contributed by atoms with van der Waals surface area (Å²) in [4.78, 5) is 41.5. The molecule has 3 N–H and O–H groups in total. The Kier molecular flexibility index (Phi) is 8.99. The van der Waals surface area contributed by atoms with Crippen molar-refractivity contribution in [1.82, 2.24) is 9.80 Å². The van der Waals surface area contributed by atoms with Gasteiger partial charge in [-0.05, 0) is 49.2 Å². The fourth-order valence-corrected chi connectivity index (χ4v) is 4.25. The normalized spacial score (nSPS) is 16.4. The summed E-state index contributed by atoms with van der Waals surface area (Å²) in [5.41, 5.74) is 3.01. The van der Waals surface area contributed by atoms with Gasteiger partial charge in [0.15, 0.2) is 5.78 Å². The van der Waals surface area contributed by atoms with Gasteiger partial charge >= 0.3 is 0 Å². The Morgan fingerprint density at radius 2 is 1.73 bits per heavy atom. The lowest BCUT2D eigenvalue weighted by Crippen LogP contribution is -2.53. The van der Waals surface area contributed by atoms with Crippen LogP contribution in [0.1, 0.15) is 39.6 Å². The molecule has 1 saturated heterocycles. The van der Waals surface area contributed by atoms with E-state index in [0.29, 0.717) is 55.9 Å². The van der Waals surface area contributed by atoms with Crippen molar-refractivity contribution >= 4 is 35.7 Å². The SMILES string of the molecule is COc1ccccc1C(=O)C(C)N1CCN(C(=O)c2ccc3c(c2)CCC(=O)N3)CC1.Cl.O. The molecule has 4 rings (SSSR count). The van der Waals surface area contributed by atoms with Gasteiger partial charge in [-0.25, -0.2) is 0 Å². The van der Waals surface area contributed by atoms with Crippen LogP contribution in [0.3, 0.4) is 0 Å². The number of methoxy groups -OCH3 is 1. The van der Waals surface area contributed by atoms with Crippen LogP contribution in [-0.4, -0.2) is 72.2 Å². The van der Waals surface area contributed by atoms with Gasteiger partial charge in [0.25, 0.3) is 5.91 Å². The third kappa shape index (κ3) is 5.52. The van der Waals surface area contributed by atoms with E-state index in [1.165, 1.54) is 0 Å². The van der Waals surface area contributed by atoms with Crippen molar-refractivity contribution in [3.8, 4) is 5.75 Å². The second-order valence-corrected chi connectivity index (χ2v) is 7.99. The summed E-state index contributed by atoms with van der Waals surface area (Å²) in [6.45, 7) is 4.31. The topological polar surface area (TPSA) is 110 Å². The predicted octanol–water partition coefficient (Wildman–Crippen LogP) is 2.21. The third-order valence-electron chi connectivity index (χ3n) is 6.15. The van der Waals surface area contributed by atoms with Gasteiger partial charge in [0.05, 0.1) is 18.7 Å². The maximum absolute atomic E-state index is 13.0. The number of fused-ring (bicyclic) bond motifs is 1. The van der Waals surface area contributed by atoms with E-state index in [1.54, 1.807) is 25.3 Å². The molecule has 0 spiro atoms.